The fourth-order valence-corrected chi connectivity index (χ4v) is 4.70. The van der Waals surface area contributed by atoms with Crippen LogP contribution in [-0.4, -0.2) is 26.8 Å². The van der Waals surface area contributed by atoms with Crippen LogP contribution in [0.25, 0.3) is 11.8 Å². The second-order valence-electron chi connectivity index (χ2n) is 8.89. The van der Waals surface area contributed by atoms with Crippen LogP contribution in [0.5, 0.6) is 0 Å². The highest BCUT2D eigenvalue weighted by atomic mass is 16.4. The standard InChI is InChI=1S/C27H29N3O3/c1-20-16-22(8-11-25(31)32)18-23(17-20)29-26(33)27(12-3-2-4-13-27)19-21-6-9-24(10-7-21)30-15-5-14-28-30/h5-11,14-18H,2-4,12-13,19H2,1H3,(H,29,33)(H,31,32)/b11-8+. The molecule has 0 saturated heterocycles. The second-order valence-corrected chi connectivity index (χ2v) is 8.89. The van der Waals surface area contributed by atoms with Crippen molar-refractivity contribution < 1.29 is 14.7 Å². The van der Waals surface area contributed by atoms with E-state index in [0.29, 0.717) is 12.1 Å². The lowest BCUT2D eigenvalue weighted by atomic mass is 9.69. The van der Waals surface area contributed by atoms with E-state index in [1.807, 2.05) is 54.2 Å². The van der Waals surface area contributed by atoms with Gasteiger partial charge < -0.3 is 10.4 Å². The van der Waals surface area contributed by atoms with Crippen LogP contribution in [0.4, 0.5) is 5.69 Å². The molecule has 1 aliphatic rings. The number of nitrogens with one attached hydrogen (secondary N) is 1. The quantitative estimate of drug-likeness (QED) is 0.478. The molecule has 6 nitrogen and oxygen atoms in total. The zero-order valence-corrected chi connectivity index (χ0v) is 18.8. The van der Waals surface area contributed by atoms with Crippen LogP contribution in [0.3, 0.4) is 0 Å². The van der Waals surface area contributed by atoms with E-state index in [-0.39, 0.29) is 5.91 Å². The number of anilines is 1. The third-order valence-corrected chi connectivity index (χ3v) is 6.32. The lowest BCUT2D eigenvalue weighted by molar-refractivity contribution is -0.131. The van der Waals surface area contributed by atoms with Crippen LogP contribution in [0.15, 0.2) is 67.0 Å². The molecule has 0 aliphatic heterocycles. The number of nitrogens with zero attached hydrogens (tertiary/aromatic N) is 2. The number of hydrogen-bond donors (Lipinski definition) is 2. The summed E-state index contributed by atoms with van der Waals surface area (Å²) in [6.07, 6.45) is 12.0. The molecule has 0 bridgehead atoms. The molecule has 1 aromatic heterocycles. The van der Waals surface area contributed by atoms with E-state index >= 15 is 0 Å². The van der Waals surface area contributed by atoms with E-state index in [1.165, 1.54) is 0 Å². The average Bonchev–Trinajstić information content (AvgIpc) is 3.33. The van der Waals surface area contributed by atoms with E-state index in [1.54, 1.807) is 12.3 Å². The Morgan fingerprint density at radius 2 is 1.88 bits per heavy atom. The first-order valence-corrected chi connectivity index (χ1v) is 11.4. The van der Waals surface area contributed by atoms with Crippen LogP contribution < -0.4 is 5.32 Å². The molecule has 4 rings (SSSR count). The molecule has 6 heteroatoms. The van der Waals surface area contributed by atoms with Gasteiger partial charge in [-0.2, -0.15) is 5.10 Å². The molecule has 1 aliphatic carbocycles. The summed E-state index contributed by atoms with van der Waals surface area (Å²) in [6.45, 7) is 1.94. The Hall–Kier alpha value is -3.67. The number of hydrogen-bond acceptors (Lipinski definition) is 3. The maximum absolute atomic E-state index is 13.6. The number of aliphatic carboxylic acids is 1. The van der Waals surface area contributed by atoms with Gasteiger partial charge in [0.1, 0.15) is 0 Å². The van der Waals surface area contributed by atoms with Gasteiger partial charge in [-0.05, 0) is 79.3 Å². The van der Waals surface area contributed by atoms with Gasteiger partial charge in [0.2, 0.25) is 5.91 Å². The summed E-state index contributed by atoms with van der Waals surface area (Å²) < 4.78 is 1.82. The largest absolute Gasteiger partial charge is 0.478 e. The Kier molecular flexibility index (Phi) is 6.73. The molecule has 0 atom stereocenters. The van der Waals surface area contributed by atoms with Gasteiger partial charge in [-0.3, -0.25) is 4.79 Å². The first-order valence-electron chi connectivity index (χ1n) is 11.4. The number of aromatic nitrogens is 2. The molecule has 0 spiro atoms. The molecule has 2 N–H and O–H groups in total. The molecule has 33 heavy (non-hydrogen) atoms. The van der Waals surface area contributed by atoms with Crippen molar-refractivity contribution >= 4 is 23.6 Å². The minimum Gasteiger partial charge on any atom is -0.478 e. The summed E-state index contributed by atoms with van der Waals surface area (Å²) in [5.41, 5.74) is 4.09. The van der Waals surface area contributed by atoms with Crippen molar-refractivity contribution in [3.05, 3.63) is 83.7 Å². The van der Waals surface area contributed by atoms with Gasteiger partial charge in [0.05, 0.1) is 11.1 Å². The molecular formula is C27H29N3O3. The van der Waals surface area contributed by atoms with Crippen molar-refractivity contribution in [1.82, 2.24) is 9.78 Å². The van der Waals surface area contributed by atoms with Gasteiger partial charge in [0.25, 0.3) is 0 Å². The Morgan fingerprint density at radius 1 is 1.12 bits per heavy atom. The van der Waals surface area contributed by atoms with Gasteiger partial charge in [-0.25, -0.2) is 9.48 Å². The van der Waals surface area contributed by atoms with Crippen molar-refractivity contribution in [2.24, 2.45) is 5.41 Å². The summed E-state index contributed by atoms with van der Waals surface area (Å²) >= 11 is 0. The second kappa shape index (κ2) is 9.86. The third-order valence-electron chi connectivity index (χ3n) is 6.32. The zero-order valence-electron chi connectivity index (χ0n) is 18.8. The average molecular weight is 444 g/mol. The van der Waals surface area contributed by atoms with Gasteiger partial charge in [0.15, 0.2) is 0 Å². The van der Waals surface area contributed by atoms with E-state index in [0.717, 1.165) is 60.6 Å². The van der Waals surface area contributed by atoms with Crippen molar-refractivity contribution in [3.8, 4) is 5.69 Å². The van der Waals surface area contributed by atoms with E-state index in [2.05, 4.69) is 22.5 Å². The van der Waals surface area contributed by atoms with Gasteiger partial charge in [-0.15, -0.1) is 0 Å². The first kappa shape index (κ1) is 22.5. The number of carboxylic acid groups (broad SMARTS) is 1. The predicted molar refractivity (Wildman–Crippen MR) is 129 cm³/mol. The minimum atomic E-state index is -0.998. The zero-order chi connectivity index (χ0) is 23.3. The van der Waals surface area contributed by atoms with Crippen LogP contribution in [0.1, 0.15) is 48.8 Å². The number of rotatable bonds is 7. The number of carbonyl (C=O) groups excluding carboxylic acids is 1. The van der Waals surface area contributed by atoms with Gasteiger partial charge >= 0.3 is 5.97 Å². The van der Waals surface area contributed by atoms with Crippen LogP contribution in [-0.2, 0) is 16.0 Å². The fraction of sp³-hybridized carbons (Fsp3) is 0.296. The first-order chi connectivity index (χ1) is 15.9. The Morgan fingerprint density at radius 3 is 2.55 bits per heavy atom. The maximum atomic E-state index is 13.6. The SMILES string of the molecule is Cc1cc(/C=C/C(=O)O)cc(NC(=O)C2(Cc3ccc(-n4cccn4)cc3)CCCCC2)c1. The Bertz CT molecular complexity index is 1140. The van der Waals surface area contributed by atoms with Gasteiger partial charge in [0, 0.05) is 24.2 Å². The lowest BCUT2D eigenvalue weighted by Crippen LogP contribution is -2.40. The topological polar surface area (TPSA) is 84.2 Å². The minimum absolute atomic E-state index is 0.0390. The summed E-state index contributed by atoms with van der Waals surface area (Å²) in [7, 11) is 0. The van der Waals surface area contributed by atoms with Gasteiger partial charge in [-0.1, -0.05) is 37.5 Å². The molecule has 1 heterocycles. The molecule has 170 valence electrons. The molecular weight excluding hydrogens is 414 g/mol. The number of benzene rings is 2. The molecule has 1 fully saturated rings. The Labute approximate surface area is 194 Å². The smallest absolute Gasteiger partial charge is 0.328 e. The van der Waals surface area contributed by atoms with Crippen LogP contribution in [0.2, 0.25) is 0 Å². The predicted octanol–water partition coefficient (Wildman–Crippen LogP) is 5.41. The van der Waals surface area contributed by atoms with Crippen molar-refractivity contribution in [3.63, 3.8) is 0 Å². The van der Waals surface area contributed by atoms with Crippen LogP contribution in [0, 0.1) is 12.3 Å². The molecule has 2 aromatic carbocycles. The number of carbonyl (C=O) groups is 2. The number of aryl methyl sites for hydroxylation is 1. The van der Waals surface area contributed by atoms with Crippen molar-refractivity contribution in [1.29, 1.82) is 0 Å². The third kappa shape index (κ3) is 5.58. The normalized spacial score (nSPS) is 15.4. The van der Waals surface area contributed by atoms with E-state index in [4.69, 9.17) is 5.11 Å². The van der Waals surface area contributed by atoms with Crippen molar-refractivity contribution in [2.75, 3.05) is 5.32 Å². The summed E-state index contributed by atoms with van der Waals surface area (Å²) in [6, 6.07) is 15.8. The molecule has 1 amide bonds. The highest BCUT2D eigenvalue weighted by molar-refractivity contribution is 5.96. The molecule has 3 aromatic rings. The number of amides is 1. The monoisotopic (exact) mass is 443 g/mol. The maximum Gasteiger partial charge on any atom is 0.328 e. The van der Waals surface area contributed by atoms with E-state index in [9.17, 15) is 9.59 Å². The van der Waals surface area contributed by atoms with Crippen LogP contribution >= 0.6 is 0 Å². The van der Waals surface area contributed by atoms with Crippen molar-refractivity contribution in [2.45, 2.75) is 45.4 Å². The summed E-state index contributed by atoms with van der Waals surface area (Å²) in [4.78, 5) is 24.5. The summed E-state index contributed by atoms with van der Waals surface area (Å²) in [5, 5.41) is 16.3. The molecule has 1 saturated carbocycles. The molecule has 0 unspecified atom stereocenters. The molecule has 0 radical (unpaired) electrons. The Balaban J connectivity index is 1.54. The highest BCUT2D eigenvalue weighted by Crippen LogP contribution is 2.40. The summed E-state index contributed by atoms with van der Waals surface area (Å²) in [5.74, 6) is -0.959. The number of carboxylic acids is 1. The highest BCUT2D eigenvalue weighted by Gasteiger charge is 2.39. The van der Waals surface area contributed by atoms with E-state index < -0.39 is 11.4 Å². The fourth-order valence-electron chi connectivity index (χ4n) is 4.70. The lowest BCUT2D eigenvalue weighted by Gasteiger charge is -2.36.